The number of hydrogen-bond acceptors (Lipinski definition) is 4. The van der Waals surface area contributed by atoms with Crippen molar-refractivity contribution in [3.05, 3.63) is 11.6 Å². The molecular formula is C17H26O4. The van der Waals surface area contributed by atoms with Crippen molar-refractivity contribution in [3.63, 3.8) is 0 Å². The van der Waals surface area contributed by atoms with Crippen molar-refractivity contribution in [2.75, 3.05) is 6.61 Å². The second-order valence-corrected chi connectivity index (χ2v) is 7.11. The summed E-state index contributed by atoms with van der Waals surface area (Å²) in [6.45, 7) is 8.55. The van der Waals surface area contributed by atoms with Gasteiger partial charge in [-0.05, 0) is 40.0 Å². The molecule has 0 bridgehead atoms. The first kappa shape index (κ1) is 15.0. The van der Waals surface area contributed by atoms with Crippen molar-refractivity contribution >= 4 is 5.97 Å². The van der Waals surface area contributed by atoms with E-state index in [1.165, 1.54) is 0 Å². The highest BCUT2D eigenvalue weighted by Crippen LogP contribution is 2.55. The van der Waals surface area contributed by atoms with E-state index in [0.29, 0.717) is 13.0 Å². The van der Waals surface area contributed by atoms with Crippen LogP contribution in [0.2, 0.25) is 0 Å². The molecule has 1 saturated carbocycles. The average Bonchev–Trinajstić information content (AvgIpc) is 2.84. The minimum absolute atomic E-state index is 0.0865. The van der Waals surface area contributed by atoms with Crippen LogP contribution in [-0.2, 0) is 14.3 Å². The van der Waals surface area contributed by atoms with E-state index in [9.17, 15) is 9.90 Å². The maximum absolute atomic E-state index is 12.0. The lowest BCUT2D eigenvalue weighted by Crippen LogP contribution is -2.58. The molecule has 0 spiro atoms. The SMILES string of the molecule is CCOC1(C)CCC2C(C)C(=O)OC2C2C(C)=CCC21O. The molecule has 1 aliphatic heterocycles. The van der Waals surface area contributed by atoms with Crippen LogP contribution in [0, 0.1) is 17.8 Å². The van der Waals surface area contributed by atoms with E-state index < -0.39 is 11.2 Å². The molecule has 3 aliphatic rings. The quantitative estimate of drug-likeness (QED) is 0.628. The zero-order valence-electron chi connectivity index (χ0n) is 13.4. The van der Waals surface area contributed by atoms with Crippen molar-refractivity contribution < 1.29 is 19.4 Å². The molecule has 6 atom stereocenters. The minimum Gasteiger partial charge on any atom is -0.461 e. The number of aliphatic hydroxyl groups is 1. The van der Waals surface area contributed by atoms with Crippen LogP contribution in [0.5, 0.6) is 0 Å². The van der Waals surface area contributed by atoms with Crippen molar-refractivity contribution in [1.29, 1.82) is 0 Å². The van der Waals surface area contributed by atoms with E-state index in [0.717, 1.165) is 18.4 Å². The van der Waals surface area contributed by atoms with Crippen LogP contribution in [0.15, 0.2) is 11.6 Å². The summed E-state index contributed by atoms with van der Waals surface area (Å²) in [4.78, 5) is 12.0. The molecule has 0 aromatic carbocycles. The van der Waals surface area contributed by atoms with Gasteiger partial charge in [-0.3, -0.25) is 4.79 Å². The fourth-order valence-electron chi connectivity index (χ4n) is 4.71. The molecule has 1 N–H and O–H groups in total. The van der Waals surface area contributed by atoms with Crippen LogP contribution in [0.4, 0.5) is 0 Å². The van der Waals surface area contributed by atoms with Crippen LogP contribution < -0.4 is 0 Å². The van der Waals surface area contributed by atoms with Crippen LogP contribution in [0.1, 0.15) is 47.0 Å². The Labute approximate surface area is 126 Å². The van der Waals surface area contributed by atoms with Gasteiger partial charge >= 0.3 is 5.97 Å². The Kier molecular flexibility index (Phi) is 3.45. The monoisotopic (exact) mass is 294 g/mol. The predicted molar refractivity (Wildman–Crippen MR) is 78.6 cm³/mol. The molecule has 21 heavy (non-hydrogen) atoms. The van der Waals surface area contributed by atoms with Gasteiger partial charge in [0.05, 0.1) is 11.5 Å². The fourth-order valence-corrected chi connectivity index (χ4v) is 4.71. The van der Waals surface area contributed by atoms with E-state index in [1.807, 2.05) is 27.7 Å². The van der Waals surface area contributed by atoms with Gasteiger partial charge in [-0.25, -0.2) is 0 Å². The maximum atomic E-state index is 12.0. The topological polar surface area (TPSA) is 55.8 Å². The van der Waals surface area contributed by atoms with Gasteiger partial charge in [0.2, 0.25) is 0 Å². The number of rotatable bonds is 2. The van der Waals surface area contributed by atoms with Crippen LogP contribution in [0.3, 0.4) is 0 Å². The van der Waals surface area contributed by atoms with Crippen molar-refractivity contribution in [1.82, 2.24) is 0 Å². The Balaban J connectivity index is 2.04. The summed E-state index contributed by atoms with van der Waals surface area (Å²) in [7, 11) is 0. The smallest absolute Gasteiger partial charge is 0.309 e. The number of carbonyl (C=O) groups excluding carboxylic acids is 1. The van der Waals surface area contributed by atoms with Crippen molar-refractivity contribution in [2.24, 2.45) is 17.8 Å². The van der Waals surface area contributed by atoms with Crippen molar-refractivity contribution in [3.8, 4) is 0 Å². The third kappa shape index (κ3) is 1.92. The molecule has 4 nitrogen and oxygen atoms in total. The standard InChI is InChI=1S/C17H26O4/c1-5-20-16(4)8-7-12-11(3)15(18)21-14(12)13-10(2)6-9-17(13,16)19/h6,11-14,19H,5,7-9H2,1-4H3. The third-order valence-electron chi connectivity index (χ3n) is 6.09. The Bertz CT molecular complexity index is 485. The first-order valence-electron chi connectivity index (χ1n) is 8.07. The Morgan fingerprint density at radius 1 is 1.52 bits per heavy atom. The molecule has 0 amide bonds. The summed E-state index contributed by atoms with van der Waals surface area (Å²) >= 11 is 0. The number of hydrogen-bond donors (Lipinski definition) is 1. The summed E-state index contributed by atoms with van der Waals surface area (Å²) in [5.41, 5.74) is -0.434. The van der Waals surface area contributed by atoms with Gasteiger partial charge in [0, 0.05) is 18.4 Å². The summed E-state index contributed by atoms with van der Waals surface area (Å²) < 4.78 is 11.7. The number of esters is 1. The molecule has 0 aromatic rings. The molecule has 118 valence electrons. The van der Waals surface area contributed by atoms with Gasteiger partial charge < -0.3 is 14.6 Å². The van der Waals surface area contributed by atoms with E-state index >= 15 is 0 Å². The molecule has 1 saturated heterocycles. The first-order valence-corrected chi connectivity index (χ1v) is 8.07. The normalized spacial score (nSPS) is 49.2. The largest absolute Gasteiger partial charge is 0.461 e. The molecule has 3 rings (SSSR count). The van der Waals surface area contributed by atoms with Crippen LogP contribution in [-0.4, -0.2) is 35.0 Å². The van der Waals surface area contributed by atoms with Gasteiger partial charge in [0.15, 0.2) is 0 Å². The van der Waals surface area contributed by atoms with Crippen LogP contribution >= 0.6 is 0 Å². The highest BCUT2D eigenvalue weighted by molar-refractivity contribution is 5.75. The number of carbonyl (C=O) groups is 1. The molecule has 1 heterocycles. The highest BCUT2D eigenvalue weighted by Gasteiger charge is 2.63. The van der Waals surface area contributed by atoms with Gasteiger partial charge in [-0.1, -0.05) is 18.6 Å². The third-order valence-corrected chi connectivity index (χ3v) is 6.09. The van der Waals surface area contributed by atoms with Crippen molar-refractivity contribution in [2.45, 2.75) is 64.3 Å². The van der Waals surface area contributed by atoms with Gasteiger partial charge in [-0.2, -0.15) is 0 Å². The molecular weight excluding hydrogens is 268 g/mol. The van der Waals surface area contributed by atoms with E-state index in [4.69, 9.17) is 9.47 Å². The van der Waals surface area contributed by atoms with Gasteiger partial charge in [0.25, 0.3) is 0 Å². The first-order chi connectivity index (χ1) is 9.84. The minimum atomic E-state index is -0.975. The lowest BCUT2D eigenvalue weighted by Gasteiger charge is -2.46. The lowest BCUT2D eigenvalue weighted by atomic mass is 9.72. The number of fused-ring (bicyclic) bond motifs is 3. The maximum Gasteiger partial charge on any atom is 0.309 e. The summed E-state index contributed by atoms with van der Waals surface area (Å²) in [5, 5.41) is 11.5. The van der Waals surface area contributed by atoms with Gasteiger partial charge in [0.1, 0.15) is 11.7 Å². The average molecular weight is 294 g/mol. The zero-order chi connectivity index (χ0) is 15.4. The molecule has 2 fully saturated rings. The molecule has 0 aromatic heterocycles. The molecule has 2 aliphatic carbocycles. The Morgan fingerprint density at radius 3 is 2.90 bits per heavy atom. The van der Waals surface area contributed by atoms with E-state index in [1.54, 1.807) is 0 Å². The van der Waals surface area contributed by atoms with Crippen LogP contribution in [0.25, 0.3) is 0 Å². The Hall–Kier alpha value is -0.870. The summed E-state index contributed by atoms with van der Waals surface area (Å²) in [6, 6.07) is 0. The van der Waals surface area contributed by atoms with Gasteiger partial charge in [-0.15, -0.1) is 0 Å². The van der Waals surface area contributed by atoms with E-state index in [-0.39, 0.29) is 29.8 Å². The molecule has 4 heteroatoms. The Morgan fingerprint density at radius 2 is 2.24 bits per heavy atom. The number of ether oxygens (including phenoxy) is 2. The summed E-state index contributed by atoms with van der Waals surface area (Å²) in [5.74, 6) is -0.170. The fraction of sp³-hybridized carbons (Fsp3) is 0.824. The molecule has 0 radical (unpaired) electrons. The summed E-state index contributed by atoms with van der Waals surface area (Å²) in [6.07, 6.45) is 4.08. The molecule has 6 unspecified atom stereocenters. The second-order valence-electron chi connectivity index (χ2n) is 7.11. The highest BCUT2D eigenvalue weighted by atomic mass is 16.6. The second kappa shape index (κ2) is 4.82. The lowest BCUT2D eigenvalue weighted by molar-refractivity contribution is -0.197. The predicted octanol–water partition coefficient (Wildman–Crippen LogP) is 2.45. The zero-order valence-corrected chi connectivity index (χ0v) is 13.4. The van der Waals surface area contributed by atoms with E-state index in [2.05, 4.69) is 6.08 Å².